The average molecular weight is 550 g/mol. The molecule has 0 radical (unpaired) electrons. The number of likely N-dealkylation sites (N-methyl/N-ethyl adjacent to an activating group) is 1. The van der Waals surface area contributed by atoms with Crippen LogP contribution in [0.5, 0.6) is 0 Å². The number of carbonyl (C=O) groups excluding carboxylic acids is 2. The average Bonchev–Trinajstić information content (AvgIpc) is 3.15. The molecule has 0 spiro atoms. The van der Waals surface area contributed by atoms with Crippen LogP contribution in [0.2, 0.25) is 10.0 Å². The van der Waals surface area contributed by atoms with Gasteiger partial charge in [-0.05, 0) is 79.0 Å². The summed E-state index contributed by atoms with van der Waals surface area (Å²) in [5.74, 6) is 0.429. The van der Waals surface area contributed by atoms with Crippen molar-refractivity contribution in [1.82, 2.24) is 10.2 Å². The molecular weight excluding hydrogens is 515 g/mol. The molecule has 0 unspecified atom stereocenters. The van der Waals surface area contributed by atoms with Crippen molar-refractivity contribution in [2.24, 2.45) is 11.3 Å². The Hall–Kier alpha value is -2.82. The van der Waals surface area contributed by atoms with Crippen molar-refractivity contribution in [1.29, 1.82) is 0 Å². The highest BCUT2D eigenvalue weighted by Crippen LogP contribution is 2.59. The maximum atomic E-state index is 13.2. The molecule has 38 heavy (non-hydrogen) atoms. The minimum atomic E-state index is -0.427. The predicted molar refractivity (Wildman–Crippen MR) is 154 cm³/mol. The molecular formula is C32H34Cl2N2O2. The Morgan fingerprint density at radius 1 is 1.05 bits per heavy atom. The van der Waals surface area contributed by atoms with Crippen molar-refractivity contribution in [2.45, 2.75) is 51.0 Å². The van der Waals surface area contributed by atoms with Crippen molar-refractivity contribution in [3.63, 3.8) is 0 Å². The first-order chi connectivity index (χ1) is 18.2. The van der Waals surface area contributed by atoms with Gasteiger partial charge < -0.3 is 10.2 Å². The number of carbonyl (C=O) groups is 2. The molecule has 3 aromatic carbocycles. The molecule has 0 bridgehead atoms. The molecule has 5 atom stereocenters. The third-order valence-electron chi connectivity index (χ3n) is 8.77. The Balaban J connectivity index is 1.42. The summed E-state index contributed by atoms with van der Waals surface area (Å²) in [4.78, 5) is 28.0. The number of halogens is 2. The number of hydrogen-bond donors (Lipinski definition) is 1. The molecule has 6 heteroatoms. The van der Waals surface area contributed by atoms with Gasteiger partial charge in [-0.1, -0.05) is 78.7 Å². The van der Waals surface area contributed by atoms with E-state index in [0.29, 0.717) is 22.2 Å². The van der Waals surface area contributed by atoms with E-state index in [2.05, 4.69) is 43.4 Å². The van der Waals surface area contributed by atoms with Gasteiger partial charge in [-0.15, -0.1) is 0 Å². The van der Waals surface area contributed by atoms with Crippen molar-refractivity contribution in [2.75, 3.05) is 13.6 Å². The Bertz CT molecular complexity index is 1330. The van der Waals surface area contributed by atoms with Crippen LogP contribution >= 0.6 is 23.2 Å². The fraction of sp³-hybridized carbons (Fsp3) is 0.375. The van der Waals surface area contributed by atoms with Crippen LogP contribution < -0.4 is 5.32 Å². The van der Waals surface area contributed by atoms with Gasteiger partial charge in [0.25, 0.3) is 5.91 Å². The molecule has 1 N–H and O–H groups in total. The normalized spacial score (nSPS) is 26.5. The van der Waals surface area contributed by atoms with Gasteiger partial charge >= 0.3 is 0 Å². The lowest BCUT2D eigenvalue weighted by Gasteiger charge is -2.46. The number of amides is 2. The van der Waals surface area contributed by atoms with E-state index < -0.39 is 5.41 Å². The highest BCUT2D eigenvalue weighted by molar-refractivity contribution is 6.32. The van der Waals surface area contributed by atoms with Crippen molar-refractivity contribution < 1.29 is 9.59 Å². The van der Waals surface area contributed by atoms with E-state index >= 15 is 0 Å². The maximum Gasteiger partial charge on any atom is 0.253 e. The van der Waals surface area contributed by atoms with Crippen LogP contribution in [0, 0.1) is 11.3 Å². The van der Waals surface area contributed by atoms with Gasteiger partial charge in [0.05, 0.1) is 5.41 Å². The lowest BCUT2D eigenvalue weighted by atomic mass is 9.56. The molecule has 2 amide bonds. The molecule has 1 saturated heterocycles. The third kappa shape index (κ3) is 4.97. The highest BCUT2D eigenvalue weighted by atomic mass is 35.5. The molecule has 0 aromatic heterocycles. The molecule has 3 aromatic rings. The van der Waals surface area contributed by atoms with E-state index in [-0.39, 0.29) is 35.6 Å². The summed E-state index contributed by atoms with van der Waals surface area (Å²) in [5, 5.41) is 4.50. The minimum absolute atomic E-state index is 0.0425. The van der Waals surface area contributed by atoms with E-state index in [4.69, 9.17) is 23.2 Å². The van der Waals surface area contributed by atoms with Crippen LogP contribution in [-0.4, -0.2) is 36.3 Å². The largest absolute Gasteiger partial charge is 0.353 e. The van der Waals surface area contributed by atoms with Gasteiger partial charge in [-0.3, -0.25) is 9.59 Å². The monoisotopic (exact) mass is 548 g/mol. The molecule has 4 nitrogen and oxygen atoms in total. The summed E-state index contributed by atoms with van der Waals surface area (Å²) in [6.45, 7) is 4.83. The van der Waals surface area contributed by atoms with Gasteiger partial charge in [0, 0.05) is 41.2 Å². The Morgan fingerprint density at radius 3 is 2.45 bits per heavy atom. The lowest BCUT2D eigenvalue weighted by molar-refractivity contribution is -0.129. The van der Waals surface area contributed by atoms with Crippen LogP contribution in [-0.2, 0) is 11.2 Å². The topological polar surface area (TPSA) is 49.4 Å². The lowest BCUT2D eigenvalue weighted by Crippen LogP contribution is -2.42. The second kappa shape index (κ2) is 10.7. The Labute approximate surface area is 235 Å². The van der Waals surface area contributed by atoms with Gasteiger partial charge in [0.15, 0.2) is 0 Å². The van der Waals surface area contributed by atoms with Crippen LogP contribution in [0.25, 0.3) is 0 Å². The summed E-state index contributed by atoms with van der Waals surface area (Å²) in [6, 6.07) is 23.9. The first-order valence-corrected chi connectivity index (χ1v) is 14.1. The first-order valence-electron chi connectivity index (χ1n) is 13.3. The molecule has 198 valence electrons. The zero-order valence-corrected chi connectivity index (χ0v) is 23.6. The van der Waals surface area contributed by atoms with E-state index in [0.717, 1.165) is 30.4 Å². The maximum absolute atomic E-state index is 13.2. The quantitative estimate of drug-likeness (QED) is 0.356. The molecule has 1 heterocycles. The van der Waals surface area contributed by atoms with E-state index in [9.17, 15) is 9.59 Å². The number of nitrogens with zero attached hydrogens (tertiary/aromatic N) is 1. The van der Waals surface area contributed by atoms with Gasteiger partial charge in [0.1, 0.15) is 0 Å². The SMILES string of the molecule is C[C@H]1NC(=O)[C@]2(C)CC[C@@H](c3ccc(C(=O)N(C)CCc4ccccc4)cc3Cl)[C@H](c3ccc(Cl)cc3)[C@H]12. The number of fused-ring (bicyclic) bond motifs is 1. The van der Waals surface area contributed by atoms with E-state index in [1.165, 1.54) is 5.56 Å². The minimum Gasteiger partial charge on any atom is -0.353 e. The molecule has 1 aliphatic heterocycles. The predicted octanol–water partition coefficient (Wildman–Crippen LogP) is 7.11. The van der Waals surface area contributed by atoms with Crippen LogP contribution in [0.3, 0.4) is 0 Å². The molecule has 2 aliphatic rings. The molecule has 1 aliphatic carbocycles. The van der Waals surface area contributed by atoms with Gasteiger partial charge in [-0.2, -0.15) is 0 Å². The smallest absolute Gasteiger partial charge is 0.253 e. The molecule has 1 saturated carbocycles. The van der Waals surface area contributed by atoms with Crippen molar-refractivity contribution in [3.8, 4) is 0 Å². The van der Waals surface area contributed by atoms with Crippen LogP contribution in [0.4, 0.5) is 0 Å². The first kappa shape index (κ1) is 26.8. The summed E-state index contributed by atoms with van der Waals surface area (Å²) in [6.07, 6.45) is 2.43. The number of benzene rings is 3. The molecule has 2 fully saturated rings. The summed E-state index contributed by atoms with van der Waals surface area (Å²) >= 11 is 13.2. The number of nitrogens with one attached hydrogen (secondary N) is 1. The van der Waals surface area contributed by atoms with E-state index in [1.54, 1.807) is 4.90 Å². The van der Waals surface area contributed by atoms with Crippen LogP contribution in [0.15, 0.2) is 72.8 Å². The van der Waals surface area contributed by atoms with Crippen molar-refractivity contribution in [3.05, 3.63) is 105 Å². The zero-order valence-electron chi connectivity index (χ0n) is 22.1. The van der Waals surface area contributed by atoms with Gasteiger partial charge in [0.2, 0.25) is 5.91 Å². The third-order valence-corrected chi connectivity index (χ3v) is 9.35. The summed E-state index contributed by atoms with van der Waals surface area (Å²) < 4.78 is 0. The fourth-order valence-corrected chi connectivity index (χ4v) is 7.18. The Morgan fingerprint density at radius 2 is 1.76 bits per heavy atom. The summed E-state index contributed by atoms with van der Waals surface area (Å²) in [5.41, 5.74) is 3.56. The van der Waals surface area contributed by atoms with Crippen molar-refractivity contribution >= 4 is 35.0 Å². The highest BCUT2D eigenvalue weighted by Gasteiger charge is 2.57. The summed E-state index contributed by atoms with van der Waals surface area (Å²) in [7, 11) is 1.83. The number of rotatable bonds is 6. The van der Waals surface area contributed by atoms with E-state index in [1.807, 2.05) is 55.6 Å². The zero-order chi connectivity index (χ0) is 27.0. The fourth-order valence-electron chi connectivity index (χ4n) is 6.74. The standard InChI is InChI=1S/C32H34Cl2N2O2/c1-20-29-28(22-9-12-24(33)13-10-22)26(15-17-32(29,2)31(38)35-20)25-14-11-23(19-27(25)34)30(37)36(3)18-16-21-7-5-4-6-8-21/h4-14,19-20,26,28-29H,15-18H2,1-3H3,(H,35,38)/t20-,26+,28+,29+,32-/m1/s1. The van der Waals surface area contributed by atoms with Crippen LogP contribution in [0.1, 0.15) is 65.6 Å². The molecule has 5 rings (SSSR count). The number of hydrogen-bond acceptors (Lipinski definition) is 2. The van der Waals surface area contributed by atoms with Gasteiger partial charge in [-0.25, -0.2) is 0 Å². The second-order valence-corrected chi connectivity index (χ2v) is 12.0. The Kier molecular flexibility index (Phi) is 7.57. The second-order valence-electron chi connectivity index (χ2n) is 11.1.